The van der Waals surface area contributed by atoms with Gasteiger partial charge in [0.05, 0.1) is 12.1 Å². The number of aromatic amines is 2. The minimum Gasteiger partial charge on any atom is -0.309 e. The van der Waals surface area contributed by atoms with Gasteiger partial charge in [0.15, 0.2) is 34.9 Å². The number of H-pyrrole nitrogens is 2. The Bertz CT molecular complexity index is 2130. The molecular weight excluding hydrogens is 758 g/mol. The van der Waals surface area contributed by atoms with Gasteiger partial charge >= 0.3 is 12.4 Å². The summed E-state index contributed by atoms with van der Waals surface area (Å²) >= 11 is 0. The maximum absolute atomic E-state index is 13.8. The molecule has 0 spiro atoms. The van der Waals surface area contributed by atoms with Crippen LogP contribution in [0.3, 0.4) is 0 Å². The number of hydrogen-bond donors (Lipinski definition) is 6. The molecule has 4 atom stereocenters. The van der Waals surface area contributed by atoms with Crippen molar-refractivity contribution in [3.8, 4) is 0 Å². The third kappa shape index (κ3) is 9.41. The van der Waals surface area contributed by atoms with Crippen molar-refractivity contribution in [3.05, 3.63) is 94.3 Å². The molecule has 2 fully saturated rings. The molecule has 22 heteroatoms. The minimum absolute atomic E-state index is 0.0769. The maximum atomic E-state index is 13.8. The monoisotopic (exact) mass is 786 g/mol. The minimum atomic E-state index is -4.76. The maximum Gasteiger partial charge on any atom is 0.432 e. The summed E-state index contributed by atoms with van der Waals surface area (Å²) in [5.74, 6) is -8.51. The van der Waals surface area contributed by atoms with Crippen LogP contribution >= 0.6 is 0 Å². The van der Waals surface area contributed by atoms with E-state index in [0.29, 0.717) is 56.4 Å². The van der Waals surface area contributed by atoms with E-state index in [1.807, 2.05) is 10.2 Å². The molecule has 12 nitrogen and oxygen atoms in total. The Morgan fingerprint density at radius 2 is 1.13 bits per heavy atom. The number of nitrogens with one attached hydrogen (secondary N) is 6. The molecule has 0 saturated heterocycles. The van der Waals surface area contributed by atoms with Gasteiger partial charge in [0, 0.05) is 23.3 Å². The first-order chi connectivity index (χ1) is 25.9. The van der Waals surface area contributed by atoms with Crippen LogP contribution in [-0.4, -0.2) is 56.2 Å². The highest BCUT2D eigenvalue weighted by Crippen LogP contribution is 2.45. The molecule has 2 saturated carbocycles. The highest BCUT2D eigenvalue weighted by molar-refractivity contribution is 6.10. The van der Waals surface area contributed by atoms with Crippen LogP contribution in [-0.2, 0) is 12.4 Å². The summed E-state index contributed by atoms with van der Waals surface area (Å²) in [5, 5.41) is 20.5. The molecule has 6 rings (SSSR count). The predicted molar refractivity (Wildman–Crippen MR) is 175 cm³/mol. The molecule has 2 aromatic carbocycles. The number of rotatable bonds is 7. The van der Waals surface area contributed by atoms with Crippen LogP contribution in [0.15, 0.2) is 58.5 Å². The molecule has 0 radical (unpaired) electrons. The standard InChI is InChI=1S/C33H28F10N10O2/c34-19-6-2-15(10-21(19)36)28(54)48-30(46-26-12-24(50-52-26)32(38,39)40)44-17-4-1-14(9-17)18-5-8-23(18)45-31(47-27-13-25(51-53-27)33(41,42)43)49-29(55)16-3-7-20(35)22(37)11-16/h2-3,6-7,10-14,17-18,23H,1,4-5,8-9H2,(H3,44,46,48,50,52,54)(H3,45,47,49,51,53,55). The van der Waals surface area contributed by atoms with Crippen LogP contribution < -0.4 is 21.3 Å². The van der Waals surface area contributed by atoms with Gasteiger partial charge < -0.3 is 10.6 Å². The number of carbonyl (C=O) groups excluding carboxylic acids is 2. The van der Waals surface area contributed by atoms with Crippen molar-refractivity contribution in [2.45, 2.75) is 56.5 Å². The van der Waals surface area contributed by atoms with Crippen molar-refractivity contribution < 1.29 is 53.5 Å². The van der Waals surface area contributed by atoms with E-state index in [1.54, 1.807) is 0 Å². The third-order valence-electron chi connectivity index (χ3n) is 9.03. The van der Waals surface area contributed by atoms with E-state index in [-0.39, 0.29) is 46.5 Å². The molecule has 2 aliphatic rings. The summed E-state index contributed by atoms with van der Waals surface area (Å²) in [6, 6.07) is 4.98. The van der Waals surface area contributed by atoms with Crippen molar-refractivity contribution in [1.29, 1.82) is 0 Å². The van der Waals surface area contributed by atoms with Gasteiger partial charge in [-0.2, -0.15) is 36.5 Å². The van der Waals surface area contributed by atoms with Gasteiger partial charge in [-0.1, -0.05) is 0 Å². The fourth-order valence-electron chi connectivity index (χ4n) is 6.19. The van der Waals surface area contributed by atoms with Gasteiger partial charge in [-0.15, -0.1) is 0 Å². The lowest BCUT2D eigenvalue weighted by Crippen LogP contribution is -2.41. The van der Waals surface area contributed by atoms with E-state index < -0.39 is 70.9 Å². The zero-order valence-electron chi connectivity index (χ0n) is 27.8. The van der Waals surface area contributed by atoms with E-state index >= 15 is 0 Å². The number of carbonyl (C=O) groups is 2. The fraction of sp³-hybridized carbons (Fsp3) is 0.333. The Labute approximate surface area is 303 Å². The van der Waals surface area contributed by atoms with Gasteiger partial charge in [-0.25, -0.2) is 27.5 Å². The second-order valence-corrected chi connectivity index (χ2v) is 12.7. The Hall–Kier alpha value is -5.96. The molecule has 2 amide bonds. The number of aliphatic imine (C=N–C) groups is 2. The van der Waals surface area contributed by atoms with Crippen LogP contribution in [0.2, 0.25) is 0 Å². The van der Waals surface area contributed by atoms with E-state index in [1.165, 1.54) is 0 Å². The lowest BCUT2D eigenvalue weighted by Gasteiger charge is -2.38. The number of guanidine groups is 2. The number of alkyl halides is 6. The zero-order valence-corrected chi connectivity index (χ0v) is 27.8. The molecule has 2 aliphatic carbocycles. The largest absolute Gasteiger partial charge is 0.432 e. The van der Waals surface area contributed by atoms with Crippen LogP contribution in [0.25, 0.3) is 0 Å². The molecule has 6 N–H and O–H groups in total. The highest BCUT2D eigenvalue weighted by Gasteiger charge is 2.41. The third-order valence-corrected chi connectivity index (χ3v) is 9.03. The number of hydrogen-bond acceptors (Lipinski definition) is 6. The van der Waals surface area contributed by atoms with E-state index in [4.69, 9.17) is 0 Å². The number of amides is 2. The number of anilines is 2. The second-order valence-electron chi connectivity index (χ2n) is 12.7. The summed E-state index contributed by atoms with van der Waals surface area (Å²) in [6.07, 6.45) is -7.01. The molecule has 0 bridgehead atoms. The van der Waals surface area contributed by atoms with E-state index in [0.717, 1.165) is 24.3 Å². The average Bonchev–Trinajstić information content (AvgIpc) is 3.87. The van der Waals surface area contributed by atoms with Crippen molar-refractivity contribution >= 4 is 35.4 Å². The van der Waals surface area contributed by atoms with Crippen molar-refractivity contribution in [2.24, 2.45) is 21.8 Å². The molecule has 2 heterocycles. The summed E-state index contributed by atoms with van der Waals surface area (Å²) in [4.78, 5) is 34.9. The first kappa shape index (κ1) is 38.8. The number of halogens is 10. The predicted octanol–water partition coefficient (Wildman–Crippen LogP) is 6.77. The van der Waals surface area contributed by atoms with Gasteiger partial charge in [-0.3, -0.25) is 30.4 Å². The molecule has 0 aliphatic heterocycles. The lowest BCUT2D eigenvalue weighted by atomic mass is 9.71. The Morgan fingerprint density at radius 1 is 0.636 bits per heavy atom. The Kier molecular flexibility index (Phi) is 10.9. The zero-order chi connectivity index (χ0) is 39.7. The normalized spacial score (nSPS) is 20.5. The van der Waals surface area contributed by atoms with Gasteiger partial charge in [0.25, 0.3) is 11.8 Å². The van der Waals surface area contributed by atoms with Crippen LogP contribution in [0.5, 0.6) is 0 Å². The lowest BCUT2D eigenvalue weighted by molar-refractivity contribution is -0.142. The SMILES string of the molecule is O=C(NC(=NC1CCC(C2CCC2N=C(NC(=O)c2ccc(F)c(F)c2)Nc2cc(C(F)(F)F)[nH]n2)C1)Nc1cc(C(F)(F)F)[nH]n1)c1ccc(F)c(F)c1. The quantitative estimate of drug-likeness (QED) is 0.0688. The summed E-state index contributed by atoms with van der Waals surface area (Å²) < 4.78 is 134. The topological polar surface area (TPSA) is 164 Å². The molecule has 4 unspecified atom stereocenters. The van der Waals surface area contributed by atoms with E-state index in [2.05, 4.69) is 41.4 Å². The molecule has 55 heavy (non-hydrogen) atoms. The summed E-state index contributed by atoms with van der Waals surface area (Å²) in [5.41, 5.74) is -3.00. The molecule has 292 valence electrons. The van der Waals surface area contributed by atoms with Gasteiger partial charge in [0.1, 0.15) is 11.4 Å². The Morgan fingerprint density at radius 3 is 1.55 bits per heavy atom. The van der Waals surface area contributed by atoms with Crippen molar-refractivity contribution in [3.63, 3.8) is 0 Å². The first-order valence-corrected chi connectivity index (χ1v) is 16.4. The average molecular weight is 787 g/mol. The van der Waals surface area contributed by atoms with E-state index in [9.17, 15) is 53.5 Å². The van der Waals surface area contributed by atoms with Crippen LogP contribution in [0.4, 0.5) is 55.5 Å². The summed E-state index contributed by atoms with van der Waals surface area (Å²) in [6.45, 7) is 0. The van der Waals surface area contributed by atoms with Crippen molar-refractivity contribution in [2.75, 3.05) is 10.6 Å². The number of aromatic nitrogens is 4. The highest BCUT2D eigenvalue weighted by atomic mass is 19.4. The van der Waals surface area contributed by atoms with Crippen LogP contribution in [0, 0.1) is 35.1 Å². The summed E-state index contributed by atoms with van der Waals surface area (Å²) in [7, 11) is 0. The number of nitrogens with zero attached hydrogens (tertiary/aromatic N) is 4. The molecule has 2 aromatic heterocycles. The molecule has 4 aromatic rings. The number of benzene rings is 2. The van der Waals surface area contributed by atoms with Gasteiger partial charge in [-0.05, 0) is 80.3 Å². The smallest absolute Gasteiger partial charge is 0.309 e. The first-order valence-electron chi connectivity index (χ1n) is 16.4. The van der Waals surface area contributed by atoms with Gasteiger partial charge in [0.2, 0.25) is 11.9 Å². The molecular formula is C33H28F10N10O2. The van der Waals surface area contributed by atoms with Crippen molar-refractivity contribution in [1.82, 2.24) is 31.0 Å². The fourth-order valence-corrected chi connectivity index (χ4v) is 6.19. The van der Waals surface area contributed by atoms with Crippen LogP contribution in [0.1, 0.15) is 64.2 Å². The Balaban J connectivity index is 1.19. The second kappa shape index (κ2) is 15.4.